The second-order valence-electron chi connectivity index (χ2n) is 5.81. The van der Waals surface area contributed by atoms with E-state index >= 15 is 0 Å². The number of halogens is 1. The van der Waals surface area contributed by atoms with Gasteiger partial charge in [-0.3, -0.25) is 9.69 Å². The molecule has 0 saturated carbocycles. The highest BCUT2D eigenvalue weighted by atomic mass is 19.1. The summed E-state index contributed by atoms with van der Waals surface area (Å²) in [6, 6.07) is 11.7. The summed E-state index contributed by atoms with van der Waals surface area (Å²) in [7, 11) is 1.56. The first-order chi connectivity index (χ1) is 12.1. The molecule has 3 rings (SSSR count). The second-order valence-corrected chi connectivity index (χ2v) is 5.81. The Balaban J connectivity index is 1.50. The zero-order valence-corrected chi connectivity index (χ0v) is 13.9. The highest BCUT2D eigenvalue weighted by molar-refractivity contribution is 5.93. The van der Waals surface area contributed by atoms with E-state index in [0.29, 0.717) is 18.0 Å². The van der Waals surface area contributed by atoms with Gasteiger partial charge in [-0.15, -0.1) is 0 Å². The summed E-state index contributed by atoms with van der Waals surface area (Å²) < 4.78 is 24.0. The standard InChI is InChI=1S/C18H20FN3O3/c1-24-15-6-3-2-5-14(15)20-17(23)12-22-10-9-13(11-22)25-18-8-4-7-16(19)21-18/h2-8,13H,9-12H2,1H3,(H,20,23). The Morgan fingerprint density at radius 3 is 2.96 bits per heavy atom. The van der Waals surface area contributed by atoms with Crippen molar-refractivity contribution < 1.29 is 18.7 Å². The Morgan fingerprint density at radius 1 is 1.32 bits per heavy atom. The predicted octanol–water partition coefficient (Wildman–Crippen LogP) is 2.32. The van der Waals surface area contributed by atoms with Crippen molar-refractivity contribution in [2.45, 2.75) is 12.5 Å². The lowest BCUT2D eigenvalue weighted by atomic mass is 10.3. The summed E-state index contributed by atoms with van der Waals surface area (Å²) in [5.74, 6) is 0.207. The molecular formula is C18H20FN3O3. The van der Waals surface area contributed by atoms with Crippen LogP contribution in [0.4, 0.5) is 10.1 Å². The highest BCUT2D eigenvalue weighted by Crippen LogP contribution is 2.23. The van der Waals surface area contributed by atoms with Gasteiger partial charge < -0.3 is 14.8 Å². The van der Waals surface area contributed by atoms with E-state index in [4.69, 9.17) is 9.47 Å². The first-order valence-corrected chi connectivity index (χ1v) is 8.08. The summed E-state index contributed by atoms with van der Waals surface area (Å²) in [5.41, 5.74) is 0.644. The van der Waals surface area contributed by atoms with E-state index in [1.54, 1.807) is 31.4 Å². The average molecular weight is 345 g/mol. The van der Waals surface area contributed by atoms with Crippen LogP contribution < -0.4 is 14.8 Å². The molecule has 1 unspecified atom stereocenters. The molecule has 25 heavy (non-hydrogen) atoms. The lowest BCUT2D eigenvalue weighted by Gasteiger charge is -2.17. The van der Waals surface area contributed by atoms with Gasteiger partial charge in [0.15, 0.2) is 0 Å². The van der Waals surface area contributed by atoms with Crippen LogP contribution in [0.1, 0.15) is 6.42 Å². The molecule has 0 aliphatic carbocycles. The average Bonchev–Trinajstić information content (AvgIpc) is 3.02. The highest BCUT2D eigenvalue weighted by Gasteiger charge is 2.26. The first-order valence-electron chi connectivity index (χ1n) is 8.08. The Kier molecular flexibility index (Phi) is 5.45. The van der Waals surface area contributed by atoms with Crippen molar-refractivity contribution in [3.05, 3.63) is 48.4 Å². The van der Waals surface area contributed by atoms with E-state index in [9.17, 15) is 9.18 Å². The molecule has 1 atom stereocenters. The van der Waals surface area contributed by atoms with Gasteiger partial charge in [0.1, 0.15) is 11.9 Å². The molecule has 1 aliphatic rings. The van der Waals surface area contributed by atoms with Gasteiger partial charge in [0.2, 0.25) is 17.7 Å². The monoisotopic (exact) mass is 345 g/mol. The van der Waals surface area contributed by atoms with E-state index in [1.807, 2.05) is 17.0 Å². The molecule has 1 aliphatic heterocycles. The minimum Gasteiger partial charge on any atom is -0.495 e. The maximum Gasteiger partial charge on any atom is 0.238 e. The molecule has 1 amide bonds. The van der Waals surface area contributed by atoms with E-state index in [1.165, 1.54) is 6.07 Å². The molecule has 1 N–H and O–H groups in total. The number of amides is 1. The Bertz CT molecular complexity index is 741. The third-order valence-corrected chi connectivity index (χ3v) is 3.95. The van der Waals surface area contributed by atoms with Gasteiger partial charge in [-0.2, -0.15) is 9.37 Å². The Hall–Kier alpha value is -2.67. The van der Waals surface area contributed by atoms with Crippen molar-refractivity contribution in [1.82, 2.24) is 9.88 Å². The molecule has 1 fully saturated rings. The normalized spacial score (nSPS) is 17.3. The van der Waals surface area contributed by atoms with Crippen LogP contribution in [-0.4, -0.2) is 48.6 Å². The summed E-state index contributed by atoms with van der Waals surface area (Å²) in [6.45, 7) is 1.59. The summed E-state index contributed by atoms with van der Waals surface area (Å²) >= 11 is 0. The lowest BCUT2D eigenvalue weighted by Crippen LogP contribution is -2.33. The Labute approximate surface area is 145 Å². The topological polar surface area (TPSA) is 63.7 Å². The molecule has 1 aromatic carbocycles. The van der Waals surface area contributed by atoms with Gasteiger partial charge in [0.05, 0.1) is 19.3 Å². The number of nitrogens with one attached hydrogen (secondary N) is 1. The zero-order valence-electron chi connectivity index (χ0n) is 13.9. The van der Waals surface area contributed by atoms with Crippen LogP contribution in [0.25, 0.3) is 0 Å². The number of hydrogen-bond acceptors (Lipinski definition) is 5. The molecule has 0 radical (unpaired) electrons. The van der Waals surface area contributed by atoms with Crippen molar-refractivity contribution in [3.8, 4) is 11.6 Å². The van der Waals surface area contributed by atoms with Gasteiger partial charge in [-0.25, -0.2) is 0 Å². The van der Waals surface area contributed by atoms with Gasteiger partial charge in [0, 0.05) is 19.2 Å². The molecule has 132 valence electrons. The maximum atomic E-state index is 13.1. The third kappa shape index (κ3) is 4.67. The molecule has 2 heterocycles. The number of hydrogen-bond donors (Lipinski definition) is 1. The van der Waals surface area contributed by atoms with Gasteiger partial charge in [0.25, 0.3) is 0 Å². The molecule has 0 spiro atoms. The first kappa shape index (κ1) is 17.2. The number of para-hydroxylation sites is 2. The molecule has 6 nitrogen and oxygen atoms in total. The number of carbonyl (C=O) groups is 1. The maximum absolute atomic E-state index is 13.1. The minimum absolute atomic E-state index is 0.103. The molecule has 1 aromatic heterocycles. The summed E-state index contributed by atoms with van der Waals surface area (Å²) in [6.07, 6.45) is 0.661. The van der Waals surface area contributed by atoms with Crippen LogP contribution in [0.3, 0.4) is 0 Å². The van der Waals surface area contributed by atoms with Crippen LogP contribution in [0.15, 0.2) is 42.5 Å². The van der Waals surface area contributed by atoms with E-state index in [2.05, 4.69) is 10.3 Å². The number of benzene rings is 1. The van der Waals surface area contributed by atoms with Crippen molar-refractivity contribution in [2.24, 2.45) is 0 Å². The molecule has 2 aromatic rings. The van der Waals surface area contributed by atoms with Crippen LogP contribution >= 0.6 is 0 Å². The quantitative estimate of drug-likeness (QED) is 0.814. The van der Waals surface area contributed by atoms with Crippen LogP contribution in [0, 0.1) is 5.95 Å². The van der Waals surface area contributed by atoms with Crippen LogP contribution in [0.2, 0.25) is 0 Å². The Morgan fingerprint density at radius 2 is 2.16 bits per heavy atom. The van der Waals surface area contributed by atoms with E-state index in [-0.39, 0.29) is 24.4 Å². The molecule has 7 heteroatoms. The largest absolute Gasteiger partial charge is 0.495 e. The van der Waals surface area contributed by atoms with Crippen LogP contribution in [0.5, 0.6) is 11.6 Å². The van der Waals surface area contributed by atoms with E-state index < -0.39 is 5.95 Å². The van der Waals surface area contributed by atoms with Gasteiger partial charge >= 0.3 is 0 Å². The summed E-state index contributed by atoms with van der Waals surface area (Å²) in [4.78, 5) is 17.9. The molecule has 1 saturated heterocycles. The SMILES string of the molecule is COc1ccccc1NC(=O)CN1CCC(Oc2cccc(F)n2)C1. The molecule has 0 bridgehead atoms. The van der Waals surface area contributed by atoms with Crippen LogP contribution in [-0.2, 0) is 4.79 Å². The number of methoxy groups -OCH3 is 1. The van der Waals surface area contributed by atoms with Crippen molar-refractivity contribution in [1.29, 1.82) is 0 Å². The van der Waals surface area contributed by atoms with E-state index in [0.717, 1.165) is 13.0 Å². The van der Waals surface area contributed by atoms with Gasteiger partial charge in [-0.05, 0) is 24.6 Å². The summed E-state index contributed by atoms with van der Waals surface area (Å²) in [5, 5.41) is 2.85. The minimum atomic E-state index is -0.566. The second kappa shape index (κ2) is 7.94. The van der Waals surface area contributed by atoms with Crippen molar-refractivity contribution in [3.63, 3.8) is 0 Å². The number of ether oxygens (including phenoxy) is 2. The van der Waals surface area contributed by atoms with Crippen molar-refractivity contribution >= 4 is 11.6 Å². The number of pyridine rings is 1. The number of carbonyl (C=O) groups excluding carboxylic acids is 1. The predicted molar refractivity (Wildman–Crippen MR) is 91.3 cm³/mol. The fraction of sp³-hybridized carbons (Fsp3) is 0.333. The number of likely N-dealkylation sites (tertiary alicyclic amines) is 1. The fourth-order valence-corrected chi connectivity index (χ4v) is 2.80. The number of anilines is 1. The van der Waals surface area contributed by atoms with Crippen molar-refractivity contribution in [2.75, 3.05) is 32.1 Å². The smallest absolute Gasteiger partial charge is 0.238 e. The zero-order chi connectivity index (χ0) is 17.6. The van der Waals surface area contributed by atoms with Gasteiger partial charge in [-0.1, -0.05) is 18.2 Å². The number of rotatable bonds is 6. The third-order valence-electron chi connectivity index (χ3n) is 3.95. The number of aromatic nitrogens is 1. The fourth-order valence-electron chi connectivity index (χ4n) is 2.80. The lowest BCUT2D eigenvalue weighted by molar-refractivity contribution is -0.117. The number of nitrogens with zero attached hydrogens (tertiary/aromatic N) is 2. The molecular weight excluding hydrogens is 325 g/mol.